The standard InChI is InChI=1S/C15H24N2O/c1-11(14(16)18)17-13(10-15(2,3)4)12-8-6-5-7-9-12/h5-9,11,13,17H,10H2,1-4H3,(H2,16,18). The first-order valence-corrected chi connectivity index (χ1v) is 6.40. The molecule has 0 radical (unpaired) electrons. The number of nitrogens with one attached hydrogen (secondary N) is 1. The highest BCUT2D eigenvalue weighted by atomic mass is 16.1. The molecular weight excluding hydrogens is 224 g/mol. The molecule has 1 aromatic carbocycles. The number of hydrogen-bond donors (Lipinski definition) is 2. The van der Waals surface area contributed by atoms with Gasteiger partial charge in [-0.25, -0.2) is 0 Å². The lowest BCUT2D eigenvalue weighted by Gasteiger charge is -2.29. The number of carbonyl (C=O) groups excluding carboxylic acids is 1. The van der Waals surface area contributed by atoms with Gasteiger partial charge in [-0.2, -0.15) is 0 Å². The number of amides is 1. The zero-order valence-corrected chi connectivity index (χ0v) is 11.7. The van der Waals surface area contributed by atoms with Crippen LogP contribution in [0.2, 0.25) is 0 Å². The van der Waals surface area contributed by atoms with Crippen molar-refractivity contribution in [1.29, 1.82) is 0 Å². The van der Waals surface area contributed by atoms with Crippen LogP contribution < -0.4 is 11.1 Å². The van der Waals surface area contributed by atoms with Crippen molar-refractivity contribution in [2.75, 3.05) is 0 Å². The van der Waals surface area contributed by atoms with Gasteiger partial charge in [-0.3, -0.25) is 10.1 Å². The lowest BCUT2D eigenvalue weighted by Crippen LogP contribution is -2.41. The molecular formula is C15H24N2O. The maximum absolute atomic E-state index is 11.2. The van der Waals surface area contributed by atoms with Gasteiger partial charge in [0.2, 0.25) is 5.91 Å². The van der Waals surface area contributed by atoms with Crippen LogP contribution in [0.3, 0.4) is 0 Å². The monoisotopic (exact) mass is 248 g/mol. The SMILES string of the molecule is CC(NC(CC(C)(C)C)c1ccccc1)C(N)=O. The fourth-order valence-corrected chi connectivity index (χ4v) is 1.95. The van der Waals surface area contributed by atoms with Gasteiger partial charge < -0.3 is 5.73 Å². The first kappa shape index (κ1) is 14.7. The third-order valence-corrected chi connectivity index (χ3v) is 2.90. The Morgan fingerprint density at radius 3 is 2.28 bits per heavy atom. The molecule has 0 aliphatic carbocycles. The van der Waals surface area contributed by atoms with E-state index < -0.39 is 0 Å². The summed E-state index contributed by atoms with van der Waals surface area (Å²) in [5.41, 5.74) is 6.70. The molecule has 1 rings (SSSR count). The Morgan fingerprint density at radius 2 is 1.83 bits per heavy atom. The minimum absolute atomic E-state index is 0.147. The van der Waals surface area contributed by atoms with Crippen LogP contribution in [0.4, 0.5) is 0 Å². The number of primary amides is 1. The zero-order chi connectivity index (χ0) is 13.8. The van der Waals surface area contributed by atoms with Crippen LogP contribution in [0.5, 0.6) is 0 Å². The van der Waals surface area contributed by atoms with Crippen molar-refractivity contribution < 1.29 is 4.79 Å². The van der Waals surface area contributed by atoms with E-state index in [9.17, 15) is 4.79 Å². The molecule has 3 N–H and O–H groups in total. The lowest BCUT2D eigenvalue weighted by atomic mass is 9.85. The molecule has 0 saturated heterocycles. The Hall–Kier alpha value is -1.35. The first-order chi connectivity index (χ1) is 8.29. The summed E-state index contributed by atoms with van der Waals surface area (Å²) in [5, 5.41) is 3.31. The Bertz CT molecular complexity index is 381. The smallest absolute Gasteiger partial charge is 0.234 e. The zero-order valence-electron chi connectivity index (χ0n) is 11.7. The van der Waals surface area contributed by atoms with Crippen LogP contribution in [0.25, 0.3) is 0 Å². The summed E-state index contributed by atoms with van der Waals surface area (Å²) in [6, 6.07) is 10.0. The normalized spacial score (nSPS) is 15.1. The van der Waals surface area contributed by atoms with Crippen molar-refractivity contribution in [2.45, 2.75) is 46.2 Å². The van der Waals surface area contributed by atoms with Gasteiger partial charge in [0.1, 0.15) is 0 Å². The minimum atomic E-state index is -0.322. The molecule has 3 heteroatoms. The molecule has 0 heterocycles. The van der Waals surface area contributed by atoms with Gasteiger partial charge in [-0.05, 0) is 24.3 Å². The summed E-state index contributed by atoms with van der Waals surface area (Å²) < 4.78 is 0. The Morgan fingerprint density at radius 1 is 1.28 bits per heavy atom. The predicted octanol–water partition coefficient (Wildman–Crippen LogP) is 2.63. The van der Waals surface area contributed by atoms with E-state index in [4.69, 9.17) is 5.73 Å². The third kappa shape index (κ3) is 4.88. The van der Waals surface area contributed by atoms with Crippen molar-refractivity contribution >= 4 is 5.91 Å². The minimum Gasteiger partial charge on any atom is -0.368 e. The van der Waals surface area contributed by atoms with Gasteiger partial charge in [-0.1, -0.05) is 51.1 Å². The summed E-state index contributed by atoms with van der Waals surface area (Å²) in [6.07, 6.45) is 0.953. The van der Waals surface area contributed by atoms with Crippen molar-refractivity contribution in [2.24, 2.45) is 11.1 Å². The molecule has 100 valence electrons. The number of rotatable bonds is 5. The maximum atomic E-state index is 11.2. The van der Waals surface area contributed by atoms with Crippen molar-refractivity contribution in [3.05, 3.63) is 35.9 Å². The second kappa shape index (κ2) is 6.01. The van der Waals surface area contributed by atoms with E-state index in [1.165, 1.54) is 5.56 Å². The first-order valence-electron chi connectivity index (χ1n) is 6.40. The van der Waals surface area contributed by atoms with E-state index in [1.54, 1.807) is 6.92 Å². The quantitative estimate of drug-likeness (QED) is 0.841. The molecule has 1 aromatic rings. The number of benzene rings is 1. The summed E-state index contributed by atoms with van der Waals surface area (Å²) in [5.74, 6) is -0.315. The molecule has 0 aliphatic rings. The van der Waals surface area contributed by atoms with Crippen molar-refractivity contribution in [3.63, 3.8) is 0 Å². The van der Waals surface area contributed by atoms with Crippen LogP contribution in [0.15, 0.2) is 30.3 Å². The van der Waals surface area contributed by atoms with Gasteiger partial charge in [0.15, 0.2) is 0 Å². The van der Waals surface area contributed by atoms with E-state index in [2.05, 4.69) is 38.2 Å². The van der Waals surface area contributed by atoms with Crippen molar-refractivity contribution in [3.8, 4) is 0 Å². The highest BCUT2D eigenvalue weighted by Gasteiger charge is 2.22. The van der Waals surface area contributed by atoms with Crippen LogP contribution >= 0.6 is 0 Å². The van der Waals surface area contributed by atoms with Gasteiger partial charge in [-0.15, -0.1) is 0 Å². The van der Waals surface area contributed by atoms with Crippen LogP contribution in [-0.2, 0) is 4.79 Å². The van der Waals surface area contributed by atoms with E-state index >= 15 is 0 Å². The second-order valence-electron chi connectivity index (χ2n) is 6.02. The van der Waals surface area contributed by atoms with Gasteiger partial charge in [0.05, 0.1) is 6.04 Å². The second-order valence-corrected chi connectivity index (χ2v) is 6.02. The average Bonchev–Trinajstić information content (AvgIpc) is 2.27. The van der Waals surface area contributed by atoms with Crippen LogP contribution in [0, 0.1) is 5.41 Å². The molecule has 0 bridgehead atoms. The third-order valence-electron chi connectivity index (χ3n) is 2.90. The summed E-state index contributed by atoms with van der Waals surface area (Å²) >= 11 is 0. The van der Waals surface area contributed by atoms with E-state index in [1.807, 2.05) is 18.2 Å². The summed E-state index contributed by atoms with van der Waals surface area (Å²) in [7, 11) is 0. The maximum Gasteiger partial charge on any atom is 0.234 e. The molecule has 3 nitrogen and oxygen atoms in total. The predicted molar refractivity (Wildman–Crippen MR) is 75.0 cm³/mol. The topological polar surface area (TPSA) is 55.1 Å². The van der Waals surface area contributed by atoms with Crippen LogP contribution in [-0.4, -0.2) is 11.9 Å². The molecule has 0 saturated carbocycles. The summed E-state index contributed by atoms with van der Waals surface area (Å²) in [6.45, 7) is 8.39. The lowest BCUT2D eigenvalue weighted by molar-refractivity contribution is -0.119. The number of hydrogen-bond acceptors (Lipinski definition) is 2. The summed E-state index contributed by atoms with van der Waals surface area (Å²) in [4.78, 5) is 11.2. The fraction of sp³-hybridized carbons (Fsp3) is 0.533. The Kier molecular flexibility index (Phi) is 4.91. The number of carbonyl (C=O) groups is 1. The molecule has 0 aromatic heterocycles. The molecule has 2 atom stereocenters. The molecule has 0 fully saturated rings. The van der Waals surface area contributed by atoms with Gasteiger partial charge in [0, 0.05) is 6.04 Å². The highest BCUT2D eigenvalue weighted by Crippen LogP contribution is 2.29. The Balaban J connectivity index is 2.86. The fourth-order valence-electron chi connectivity index (χ4n) is 1.95. The van der Waals surface area contributed by atoms with Gasteiger partial charge in [0.25, 0.3) is 0 Å². The largest absolute Gasteiger partial charge is 0.368 e. The molecule has 0 spiro atoms. The van der Waals surface area contributed by atoms with Crippen molar-refractivity contribution in [1.82, 2.24) is 5.32 Å². The average molecular weight is 248 g/mol. The van der Waals surface area contributed by atoms with E-state index in [0.29, 0.717) is 0 Å². The number of nitrogens with two attached hydrogens (primary N) is 1. The molecule has 0 aliphatic heterocycles. The highest BCUT2D eigenvalue weighted by molar-refractivity contribution is 5.79. The van der Waals surface area contributed by atoms with Gasteiger partial charge >= 0.3 is 0 Å². The van der Waals surface area contributed by atoms with E-state index in [-0.39, 0.29) is 23.4 Å². The Labute approximate surface area is 110 Å². The molecule has 1 amide bonds. The molecule has 18 heavy (non-hydrogen) atoms. The molecule has 2 unspecified atom stereocenters. The van der Waals surface area contributed by atoms with Crippen LogP contribution in [0.1, 0.15) is 45.7 Å². The van der Waals surface area contributed by atoms with E-state index in [0.717, 1.165) is 6.42 Å².